The highest BCUT2D eigenvalue weighted by molar-refractivity contribution is 5.26. The van der Waals surface area contributed by atoms with Crippen molar-refractivity contribution in [1.82, 2.24) is 14.8 Å². The minimum Gasteiger partial charge on any atom is -0.381 e. The zero-order valence-electron chi connectivity index (χ0n) is 15.7. The monoisotopic (exact) mass is 351 g/mol. The lowest BCUT2D eigenvalue weighted by Crippen LogP contribution is -2.36. The second-order valence-electron chi connectivity index (χ2n) is 7.57. The van der Waals surface area contributed by atoms with Crippen LogP contribution in [0.2, 0.25) is 0 Å². The highest BCUT2D eigenvalue weighted by Gasteiger charge is 2.21. The van der Waals surface area contributed by atoms with Gasteiger partial charge >= 0.3 is 0 Å². The number of aromatic nitrogens is 1. The molecule has 2 aliphatic rings. The molecule has 4 rings (SSSR count). The Kier molecular flexibility index (Phi) is 5.63. The van der Waals surface area contributed by atoms with Gasteiger partial charge in [-0.15, -0.1) is 0 Å². The second kappa shape index (κ2) is 8.30. The first-order valence-electron chi connectivity index (χ1n) is 9.79. The van der Waals surface area contributed by atoms with E-state index in [9.17, 15) is 0 Å². The summed E-state index contributed by atoms with van der Waals surface area (Å²) < 4.78 is 5.47. The number of benzene rings is 1. The maximum absolute atomic E-state index is 5.47. The Morgan fingerprint density at radius 3 is 2.54 bits per heavy atom. The predicted octanol–water partition coefficient (Wildman–Crippen LogP) is 3.25. The second-order valence-corrected chi connectivity index (χ2v) is 7.57. The molecule has 0 aliphatic carbocycles. The fourth-order valence-electron chi connectivity index (χ4n) is 4.12. The summed E-state index contributed by atoms with van der Waals surface area (Å²) in [6.45, 7) is 6.33. The van der Waals surface area contributed by atoms with Crippen LogP contribution < -0.4 is 0 Å². The first-order valence-corrected chi connectivity index (χ1v) is 9.79. The van der Waals surface area contributed by atoms with Gasteiger partial charge < -0.3 is 4.74 Å². The normalized spacial score (nSPS) is 19.4. The molecule has 4 heteroatoms. The third kappa shape index (κ3) is 4.32. The van der Waals surface area contributed by atoms with E-state index in [2.05, 4.69) is 52.3 Å². The average Bonchev–Trinajstić information content (AvgIpc) is 2.69. The van der Waals surface area contributed by atoms with Crippen LogP contribution in [0.1, 0.15) is 35.4 Å². The Balaban J connectivity index is 1.35. The van der Waals surface area contributed by atoms with E-state index in [1.54, 1.807) is 0 Å². The van der Waals surface area contributed by atoms with Crippen molar-refractivity contribution in [2.45, 2.75) is 45.0 Å². The van der Waals surface area contributed by atoms with E-state index in [1.165, 1.54) is 22.5 Å². The summed E-state index contributed by atoms with van der Waals surface area (Å²) in [5, 5.41) is 0. The lowest BCUT2D eigenvalue weighted by Gasteiger charge is -2.31. The number of fused-ring (bicyclic) bond motifs is 1. The van der Waals surface area contributed by atoms with Gasteiger partial charge in [-0.05, 0) is 30.0 Å². The van der Waals surface area contributed by atoms with E-state index in [4.69, 9.17) is 9.72 Å². The average molecular weight is 351 g/mol. The van der Waals surface area contributed by atoms with Gasteiger partial charge in [0.15, 0.2) is 0 Å². The molecule has 2 aliphatic heterocycles. The molecule has 3 heterocycles. The molecule has 0 bridgehead atoms. The van der Waals surface area contributed by atoms with Gasteiger partial charge in [-0.3, -0.25) is 14.8 Å². The van der Waals surface area contributed by atoms with Gasteiger partial charge in [-0.25, -0.2) is 0 Å². The van der Waals surface area contributed by atoms with E-state index in [1.807, 2.05) is 7.11 Å². The summed E-state index contributed by atoms with van der Waals surface area (Å²) in [6, 6.07) is 15.3. The Bertz CT molecular complexity index is 711. The van der Waals surface area contributed by atoms with Crippen molar-refractivity contribution in [2.75, 3.05) is 26.7 Å². The molecule has 4 nitrogen and oxygen atoms in total. The van der Waals surface area contributed by atoms with Gasteiger partial charge in [-0.2, -0.15) is 0 Å². The molecular formula is C22H29N3O. The predicted molar refractivity (Wildman–Crippen MR) is 104 cm³/mol. The maximum Gasteiger partial charge on any atom is 0.0595 e. The molecule has 0 N–H and O–H groups in total. The largest absolute Gasteiger partial charge is 0.381 e. The number of hydrogen-bond donors (Lipinski definition) is 0. The highest BCUT2D eigenvalue weighted by Crippen LogP contribution is 2.21. The fourth-order valence-corrected chi connectivity index (χ4v) is 4.12. The molecule has 1 aromatic heterocycles. The highest BCUT2D eigenvalue weighted by atomic mass is 16.5. The number of pyridine rings is 1. The Labute approximate surface area is 156 Å². The zero-order valence-corrected chi connectivity index (χ0v) is 15.7. The van der Waals surface area contributed by atoms with Crippen LogP contribution >= 0.6 is 0 Å². The van der Waals surface area contributed by atoms with Crippen LogP contribution in [0, 0.1) is 0 Å². The van der Waals surface area contributed by atoms with Crippen molar-refractivity contribution >= 4 is 0 Å². The van der Waals surface area contributed by atoms with E-state index >= 15 is 0 Å². The minimum atomic E-state index is 0.443. The van der Waals surface area contributed by atoms with Crippen LogP contribution in [0.4, 0.5) is 0 Å². The first-order chi connectivity index (χ1) is 12.8. The van der Waals surface area contributed by atoms with E-state index in [0.29, 0.717) is 6.10 Å². The van der Waals surface area contributed by atoms with Crippen LogP contribution in [-0.2, 0) is 30.8 Å². The van der Waals surface area contributed by atoms with Crippen LogP contribution in [0.3, 0.4) is 0 Å². The van der Waals surface area contributed by atoms with E-state index in [-0.39, 0.29) is 0 Å². The summed E-state index contributed by atoms with van der Waals surface area (Å²) in [4.78, 5) is 10.0. The van der Waals surface area contributed by atoms with Crippen molar-refractivity contribution in [3.05, 3.63) is 65.0 Å². The van der Waals surface area contributed by atoms with Gasteiger partial charge in [0.25, 0.3) is 0 Å². The van der Waals surface area contributed by atoms with Crippen LogP contribution in [0.5, 0.6) is 0 Å². The molecule has 0 amide bonds. The molecule has 0 saturated carbocycles. The van der Waals surface area contributed by atoms with Gasteiger partial charge in [-0.1, -0.05) is 36.4 Å². The quantitative estimate of drug-likeness (QED) is 0.827. The number of hydrogen-bond acceptors (Lipinski definition) is 4. The number of piperidine rings is 1. The van der Waals surface area contributed by atoms with Crippen LogP contribution in [0.15, 0.2) is 42.5 Å². The Morgan fingerprint density at radius 2 is 1.77 bits per heavy atom. The lowest BCUT2D eigenvalue weighted by atomic mass is 10.0. The third-order valence-electron chi connectivity index (χ3n) is 5.69. The molecule has 0 atom stereocenters. The molecule has 0 radical (unpaired) electrons. The number of nitrogens with zero attached hydrogens (tertiary/aromatic N) is 3. The topological polar surface area (TPSA) is 28.6 Å². The molecule has 1 saturated heterocycles. The lowest BCUT2D eigenvalue weighted by molar-refractivity contribution is 0.0385. The smallest absolute Gasteiger partial charge is 0.0595 e. The summed E-state index contributed by atoms with van der Waals surface area (Å²) in [5.41, 5.74) is 5.31. The first kappa shape index (κ1) is 17.7. The SMILES string of the molecule is COC1CCN(Cc2ccc3c(n2)CCN(Cc2ccccc2)C3)CC1. The zero-order chi connectivity index (χ0) is 17.8. The molecular weight excluding hydrogens is 322 g/mol. The van der Waals surface area contributed by atoms with Crippen molar-refractivity contribution in [1.29, 1.82) is 0 Å². The van der Waals surface area contributed by atoms with Gasteiger partial charge in [0.1, 0.15) is 0 Å². The number of likely N-dealkylation sites (tertiary alicyclic amines) is 1. The van der Waals surface area contributed by atoms with Crippen molar-refractivity contribution in [3.63, 3.8) is 0 Å². The molecule has 26 heavy (non-hydrogen) atoms. The fraction of sp³-hybridized carbons (Fsp3) is 0.500. The minimum absolute atomic E-state index is 0.443. The van der Waals surface area contributed by atoms with E-state index < -0.39 is 0 Å². The number of ether oxygens (including phenoxy) is 1. The molecule has 0 unspecified atom stereocenters. The van der Waals surface area contributed by atoms with Gasteiger partial charge in [0.05, 0.1) is 11.8 Å². The third-order valence-corrected chi connectivity index (χ3v) is 5.69. The Morgan fingerprint density at radius 1 is 0.962 bits per heavy atom. The van der Waals surface area contributed by atoms with Crippen LogP contribution in [-0.4, -0.2) is 47.6 Å². The molecule has 0 spiro atoms. The maximum atomic E-state index is 5.47. The van der Waals surface area contributed by atoms with Gasteiger partial charge in [0.2, 0.25) is 0 Å². The molecule has 2 aromatic rings. The van der Waals surface area contributed by atoms with E-state index in [0.717, 1.165) is 58.5 Å². The summed E-state index contributed by atoms with van der Waals surface area (Å²) in [6.07, 6.45) is 3.77. The Hall–Kier alpha value is -1.75. The standard InChI is InChI=1S/C22H29N3O/c1-26-21-9-12-24(13-10-21)17-20-8-7-19-16-25(14-11-22(19)23-20)15-18-5-3-2-4-6-18/h2-8,21H,9-17H2,1H3. The number of rotatable bonds is 5. The van der Waals surface area contributed by atoms with Crippen molar-refractivity contribution < 1.29 is 4.74 Å². The molecule has 1 fully saturated rings. The molecule has 138 valence electrons. The van der Waals surface area contributed by atoms with Crippen LogP contribution in [0.25, 0.3) is 0 Å². The summed E-state index contributed by atoms with van der Waals surface area (Å²) in [5.74, 6) is 0. The number of methoxy groups -OCH3 is 1. The molecule has 1 aromatic carbocycles. The summed E-state index contributed by atoms with van der Waals surface area (Å²) in [7, 11) is 1.83. The summed E-state index contributed by atoms with van der Waals surface area (Å²) >= 11 is 0. The van der Waals surface area contributed by atoms with Gasteiger partial charge in [0, 0.05) is 58.5 Å². The van der Waals surface area contributed by atoms with Crippen molar-refractivity contribution in [3.8, 4) is 0 Å². The van der Waals surface area contributed by atoms with Crippen molar-refractivity contribution in [2.24, 2.45) is 0 Å².